The molecular formula is C48H32N8. The summed E-state index contributed by atoms with van der Waals surface area (Å²) >= 11 is 0. The lowest BCUT2D eigenvalue weighted by molar-refractivity contribution is 0.575. The molecule has 11 rings (SSSR count). The Bertz CT molecular complexity index is 3040. The van der Waals surface area contributed by atoms with Crippen LogP contribution in [0.5, 0.6) is 0 Å². The largest absolute Gasteiger partial charge is 0.324 e. The molecule has 4 heterocycles. The lowest BCUT2D eigenvalue weighted by atomic mass is 10.1. The summed E-state index contributed by atoms with van der Waals surface area (Å²) in [4.78, 5) is 26.0. The molecule has 1 aliphatic heterocycles. The van der Waals surface area contributed by atoms with Crippen LogP contribution in [0.1, 0.15) is 17.4 Å². The van der Waals surface area contributed by atoms with Crippen LogP contribution in [0.2, 0.25) is 0 Å². The van der Waals surface area contributed by atoms with Crippen LogP contribution in [-0.2, 0) is 0 Å². The molecule has 0 fully saturated rings. The van der Waals surface area contributed by atoms with E-state index < -0.39 is 6.29 Å². The van der Waals surface area contributed by atoms with E-state index in [1.807, 2.05) is 97.1 Å². The van der Waals surface area contributed by atoms with Crippen molar-refractivity contribution in [3.8, 4) is 28.7 Å². The summed E-state index contributed by atoms with van der Waals surface area (Å²) < 4.78 is 4.43. The third-order valence-electron chi connectivity index (χ3n) is 10.4. The number of aliphatic imine (C=N–C) groups is 2. The van der Waals surface area contributed by atoms with Gasteiger partial charge in [-0.25, -0.2) is 15.0 Å². The van der Waals surface area contributed by atoms with Gasteiger partial charge in [-0.05, 0) is 24.3 Å². The van der Waals surface area contributed by atoms with Crippen molar-refractivity contribution in [2.45, 2.75) is 6.29 Å². The third kappa shape index (κ3) is 5.27. The van der Waals surface area contributed by atoms with Gasteiger partial charge in [0.05, 0.1) is 22.1 Å². The van der Waals surface area contributed by atoms with Crippen LogP contribution in [0, 0.1) is 0 Å². The Morgan fingerprint density at radius 1 is 0.375 bits per heavy atom. The number of para-hydroxylation sites is 2. The fraction of sp³-hybridized carbons (Fsp3) is 0.0208. The maximum Gasteiger partial charge on any atom is 0.238 e. The Labute approximate surface area is 321 Å². The molecule has 264 valence electrons. The van der Waals surface area contributed by atoms with Crippen molar-refractivity contribution in [1.82, 2.24) is 29.4 Å². The predicted octanol–water partition coefficient (Wildman–Crippen LogP) is 10.4. The van der Waals surface area contributed by atoms with Gasteiger partial charge >= 0.3 is 0 Å². The van der Waals surface area contributed by atoms with Crippen molar-refractivity contribution in [2.24, 2.45) is 9.98 Å². The molecule has 1 aliphatic rings. The van der Waals surface area contributed by atoms with E-state index in [1.54, 1.807) is 0 Å². The van der Waals surface area contributed by atoms with Gasteiger partial charge in [-0.1, -0.05) is 158 Å². The summed E-state index contributed by atoms with van der Waals surface area (Å²) in [6.45, 7) is 0. The van der Waals surface area contributed by atoms with Crippen molar-refractivity contribution in [1.29, 1.82) is 0 Å². The molecule has 0 radical (unpaired) electrons. The minimum Gasteiger partial charge on any atom is -0.324 e. The Balaban J connectivity index is 1.21. The molecular weight excluding hydrogens is 689 g/mol. The summed E-state index contributed by atoms with van der Waals surface area (Å²) in [7, 11) is 0. The summed E-state index contributed by atoms with van der Waals surface area (Å²) in [6, 6.07) is 62.2. The molecule has 56 heavy (non-hydrogen) atoms. The topological polar surface area (TPSA) is 85.3 Å². The molecule has 0 saturated heterocycles. The zero-order valence-electron chi connectivity index (χ0n) is 30.0. The van der Waals surface area contributed by atoms with Crippen molar-refractivity contribution >= 4 is 55.3 Å². The molecule has 0 saturated carbocycles. The smallest absolute Gasteiger partial charge is 0.238 e. The maximum atomic E-state index is 5.31. The first kappa shape index (κ1) is 31.8. The highest BCUT2D eigenvalue weighted by Gasteiger charge is 2.26. The zero-order valence-corrected chi connectivity index (χ0v) is 30.0. The molecule has 8 heteroatoms. The van der Waals surface area contributed by atoms with Crippen LogP contribution in [0.25, 0.3) is 72.3 Å². The minimum absolute atomic E-state index is 0.543. The van der Waals surface area contributed by atoms with E-state index in [-0.39, 0.29) is 0 Å². The van der Waals surface area contributed by atoms with E-state index in [1.165, 1.54) is 0 Å². The van der Waals surface area contributed by atoms with Gasteiger partial charge in [0.1, 0.15) is 11.7 Å². The highest BCUT2D eigenvalue weighted by molar-refractivity contribution is 6.19. The number of aromatic nitrogens is 5. The van der Waals surface area contributed by atoms with E-state index in [2.05, 4.69) is 99.4 Å². The fourth-order valence-electron chi connectivity index (χ4n) is 7.86. The zero-order chi connectivity index (χ0) is 37.0. The minimum atomic E-state index is -0.592. The van der Waals surface area contributed by atoms with E-state index in [4.69, 9.17) is 24.9 Å². The van der Waals surface area contributed by atoms with Crippen LogP contribution in [0.3, 0.4) is 0 Å². The Hall–Kier alpha value is -7.71. The number of nitrogens with one attached hydrogen (secondary N) is 1. The quantitative estimate of drug-likeness (QED) is 0.185. The molecule has 0 amide bonds. The van der Waals surface area contributed by atoms with Gasteiger partial charge in [-0.3, -0.25) is 9.13 Å². The molecule has 0 unspecified atom stereocenters. The van der Waals surface area contributed by atoms with Gasteiger partial charge in [0, 0.05) is 43.8 Å². The average molecular weight is 721 g/mol. The number of benzene rings is 7. The van der Waals surface area contributed by atoms with Crippen molar-refractivity contribution in [3.05, 3.63) is 193 Å². The molecule has 1 N–H and O–H groups in total. The summed E-state index contributed by atoms with van der Waals surface area (Å²) in [5.41, 5.74) is 7.84. The van der Waals surface area contributed by atoms with Crippen molar-refractivity contribution in [2.75, 3.05) is 0 Å². The van der Waals surface area contributed by atoms with Gasteiger partial charge < -0.3 is 5.32 Å². The second kappa shape index (κ2) is 13.0. The normalized spacial score (nSPS) is 13.3. The van der Waals surface area contributed by atoms with Crippen molar-refractivity contribution < 1.29 is 0 Å². The Morgan fingerprint density at radius 2 is 0.821 bits per heavy atom. The van der Waals surface area contributed by atoms with Gasteiger partial charge in [-0.2, -0.15) is 9.97 Å². The SMILES string of the molecule is c1ccc(C2=NC(n3c4ccccc4c4cc5c6ccccc6n(-c6nc(-c7ccccc7)nc(-c7ccccc7)n6)c5cc43)N=C(c3ccccc3)N2)cc1. The number of fused-ring (bicyclic) bond motifs is 6. The van der Waals surface area contributed by atoms with E-state index in [0.717, 1.165) is 77.5 Å². The van der Waals surface area contributed by atoms with Gasteiger partial charge in [0.15, 0.2) is 11.6 Å². The van der Waals surface area contributed by atoms with Crippen LogP contribution in [0.4, 0.5) is 0 Å². The number of amidine groups is 2. The molecule has 0 spiro atoms. The van der Waals surface area contributed by atoms with Crippen LogP contribution in [0.15, 0.2) is 192 Å². The molecule has 0 atom stereocenters. The fourth-order valence-corrected chi connectivity index (χ4v) is 7.86. The third-order valence-corrected chi connectivity index (χ3v) is 10.4. The molecule has 3 aromatic heterocycles. The summed E-state index contributed by atoms with van der Waals surface area (Å²) in [5.74, 6) is 3.28. The molecule has 8 nitrogen and oxygen atoms in total. The number of nitrogens with zero attached hydrogens (tertiary/aromatic N) is 7. The van der Waals surface area contributed by atoms with Gasteiger partial charge in [0.25, 0.3) is 0 Å². The Kier molecular flexibility index (Phi) is 7.38. The second-order valence-corrected chi connectivity index (χ2v) is 13.8. The van der Waals surface area contributed by atoms with Crippen LogP contribution in [-0.4, -0.2) is 35.8 Å². The average Bonchev–Trinajstić information content (AvgIpc) is 3.78. The predicted molar refractivity (Wildman–Crippen MR) is 226 cm³/mol. The first-order chi connectivity index (χ1) is 27.8. The lowest BCUT2D eigenvalue weighted by Crippen LogP contribution is -2.36. The van der Waals surface area contributed by atoms with Gasteiger partial charge in [-0.15, -0.1) is 0 Å². The van der Waals surface area contributed by atoms with Crippen LogP contribution >= 0.6 is 0 Å². The maximum absolute atomic E-state index is 5.31. The monoisotopic (exact) mass is 720 g/mol. The number of hydrogen-bond donors (Lipinski definition) is 1. The summed E-state index contributed by atoms with van der Waals surface area (Å²) in [5, 5.41) is 8.01. The van der Waals surface area contributed by atoms with Crippen molar-refractivity contribution in [3.63, 3.8) is 0 Å². The lowest BCUT2D eigenvalue weighted by Gasteiger charge is -2.24. The highest BCUT2D eigenvalue weighted by Crippen LogP contribution is 2.40. The van der Waals surface area contributed by atoms with E-state index in [9.17, 15) is 0 Å². The molecule has 0 aliphatic carbocycles. The second-order valence-electron chi connectivity index (χ2n) is 13.8. The standard InChI is InChI=1S/C48H32N8/c1-5-17-31(18-6-1)43-49-44(32-19-7-2-8-20-32)52-47(51-43)55-39-27-15-13-25-35(39)37-29-38-36-26-14-16-28-40(36)56(42(38)30-41(37)55)48-53-45(33-21-9-3-10-22-33)50-46(54-48)34-23-11-4-12-24-34/h1-30,47H,(H,49,51,52). The number of hydrogen-bond acceptors (Lipinski definition) is 6. The van der Waals surface area contributed by atoms with E-state index >= 15 is 0 Å². The van der Waals surface area contributed by atoms with E-state index in [0.29, 0.717) is 17.6 Å². The first-order valence-electron chi connectivity index (χ1n) is 18.6. The number of rotatable bonds is 6. The highest BCUT2D eigenvalue weighted by atomic mass is 15.3. The van der Waals surface area contributed by atoms with Crippen LogP contribution < -0.4 is 5.32 Å². The molecule has 10 aromatic rings. The first-order valence-corrected chi connectivity index (χ1v) is 18.6. The summed E-state index contributed by atoms with van der Waals surface area (Å²) in [6.07, 6.45) is -0.592. The molecule has 7 aromatic carbocycles. The Morgan fingerprint density at radius 3 is 1.38 bits per heavy atom. The molecule has 0 bridgehead atoms. The van der Waals surface area contributed by atoms with Gasteiger partial charge in [0.2, 0.25) is 12.2 Å².